The zero-order valence-electron chi connectivity index (χ0n) is 9.14. The molecular formula is C10H17N3S2. The fraction of sp³-hybridized carbons (Fsp3) is 0.600. The Morgan fingerprint density at radius 1 is 1.47 bits per heavy atom. The van der Waals surface area contributed by atoms with Gasteiger partial charge >= 0.3 is 0 Å². The molecular weight excluding hydrogens is 226 g/mol. The minimum absolute atomic E-state index is 0.325. The molecule has 1 atom stereocenters. The Balaban J connectivity index is 2.36. The summed E-state index contributed by atoms with van der Waals surface area (Å²) in [6.45, 7) is 4.30. The van der Waals surface area contributed by atoms with Gasteiger partial charge in [-0.1, -0.05) is 6.92 Å². The van der Waals surface area contributed by atoms with Crippen LogP contribution in [0.15, 0.2) is 12.3 Å². The van der Waals surface area contributed by atoms with E-state index in [1.54, 1.807) is 12.3 Å². The van der Waals surface area contributed by atoms with Gasteiger partial charge in [-0.2, -0.15) is 11.8 Å². The maximum absolute atomic E-state index is 5.61. The summed E-state index contributed by atoms with van der Waals surface area (Å²) in [4.78, 5) is 8.43. The molecule has 0 saturated heterocycles. The number of thioether (sulfide) groups is 2. The summed E-state index contributed by atoms with van der Waals surface area (Å²) in [5.74, 6) is 4.90. The topological polar surface area (TPSA) is 51.8 Å². The van der Waals surface area contributed by atoms with Gasteiger partial charge in [-0.3, -0.25) is 0 Å². The number of hydrogen-bond donors (Lipinski definition) is 1. The first-order valence-electron chi connectivity index (χ1n) is 5.01. The third-order valence-corrected chi connectivity index (χ3v) is 4.17. The third kappa shape index (κ3) is 4.75. The molecule has 0 aliphatic heterocycles. The summed E-state index contributed by atoms with van der Waals surface area (Å²) in [5, 5.41) is 0.325. The van der Waals surface area contributed by atoms with Crippen molar-refractivity contribution in [1.82, 2.24) is 9.97 Å². The summed E-state index contributed by atoms with van der Waals surface area (Å²) in [6.07, 6.45) is 1.72. The lowest BCUT2D eigenvalue weighted by Gasteiger charge is -2.09. The van der Waals surface area contributed by atoms with Crippen LogP contribution in [-0.4, -0.2) is 27.2 Å². The van der Waals surface area contributed by atoms with E-state index in [0.29, 0.717) is 11.1 Å². The molecule has 0 aromatic carbocycles. The summed E-state index contributed by atoms with van der Waals surface area (Å²) >= 11 is 3.84. The molecule has 1 heterocycles. The molecule has 0 bridgehead atoms. The van der Waals surface area contributed by atoms with Gasteiger partial charge in [0.2, 0.25) is 0 Å². The van der Waals surface area contributed by atoms with Crippen LogP contribution in [0.5, 0.6) is 0 Å². The Hall–Kier alpha value is -0.420. The smallest absolute Gasteiger partial charge is 0.143 e. The minimum Gasteiger partial charge on any atom is -0.384 e. The van der Waals surface area contributed by atoms with Crippen molar-refractivity contribution in [2.24, 2.45) is 0 Å². The second kappa shape index (κ2) is 6.95. The molecule has 1 aromatic rings. The van der Waals surface area contributed by atoms with E-state index in [4.69, 9.17) is 5.73 Å². The van der Waals surface area contributed by atoms with E-state index in [0.717, 1.165) is 11.6 Å². The third-order valence-electron chi connectivity index (χ3n) is 1.86. The van der Waals surface area contributed by atoms with Gasteiger partial charge in [0.15, 0.2) is 0 Å². The molecule has 0 aliphatic rings. The lowest BCUT2D eigenvalue weighted by Crippen LogP contribution is -2.01. The molecule has 5 heteroatoms. The summed E-state index contributed by atoms with van der Waals surface area (Å²) in [5.41, 5.74) is 5.61. The summed E-state index contributed by atoms with van der Waals surface area (Å²) in [6, 6.07) is 1.72. The predicted octanol–water partition coefficient (Wildman–Crippen LogP) is 2.61. The zero-order chi connectivity index (χ0) is 11.1. The highest BCUT2D eigenvalue weighted by molar-refractivity contribution is 8.03. The van der Waals surface area contributed by atoms with Gasteiger partial charge in [-0.15, -0.1) is 11.8 Å². The molecule has 0 aliphatic carbocycles. The van der Waals surface area contributed by atoms with Crippen molar-refractivity contribution >= 4 is 29.3 Å². The molecule has 1 aromatic heterocycles. The van der Waals surface area contributed by atoms with Crippen molar-refractivity contribution in [3.05, 3.63) is 18.1 Å². The fourth-order valence-electron chi connectivity index (χ4n) is 1.09. The maximum atomic E-state index is 5.61. The van der Waals surface area contributed by atoms with Crippen molar-refractivity contribution < 1.29 is 0 Å². The monoisotopic (exact) mass is 243 g/mol. The Labute approximate surface area is 99.6 Å². The van der Waals surface area contributed by atoms with E-state index in [-0.39, 0.29) is 0 Å². The Bertz CT molecular complexity index is 294. The van der Waals surface area contributed by atoms with Gasteiger partial charge in [0.25, 0.3) is 0 Å². The van der Waals surface area contributed by atoms with E-state index >= 15 is 0 Å². The molecule has 0 fully saturated rings. The van der Waals surface area contributed by atoms with Crippen molar-refractivity contribution in [1.29, 1.82) is 0 Å². The average molecular weight is 243 g/mol. The molecule has 15 heavy (non-hydrogen) atoms. The largest absolute Gasteiger partial charge is 0.384 e. The Kier molecular flexibility index (Phi) is 5.86. The highest BCUT2D eigenvalue weighted by Gasteiger charge is 2.08. The molecule has 1 rings (SSSR count). The van der Waals surface area contributed by atoms with Gasteiger partial charge in [0.05, 0.1) is 5.25 Å². The normalized spacial score (nSPS) is 12.7. The second-order valence-corrected chi connectivity index (χ2v) is 5.89. The average Bonchev–Trinajstić information content (AvgIpc) is 2.24. The molecule has 0 amide bonds. The van der Waals surface area contributed by atoms with Crippen LogP contribution >= 0.6 is 23.5 Å². The standard InChI is InChI=1S/C10H17N3S2/c1-3-14-6-7-15-8(2)10-12-5-4-9(11)13-10/h4-5,8H,3,6-7H2,1-2H3,(H2,11,12,13). The SMILES string of the molecule is CCSCCSC(C)c1nccc(N)n1. The van der Waals surface area contributed by atoms with Crippen LogP contribution < -0.4 is 5.73 Å². The van der Waals surface area contributed by atoms with Crippen LogP contribution in [0.1, 0.15) is 24.9 Å². The van der Waals surface area contributed by atoms with Crippen molar-refractivity contribution in [3.63, 3.8) is 0 Å². The number of hydrogen-bond acceptors (Lipinski definition) is 5. The van der Waals surface area contributed by atoms with E-state index < -0.39 is 0 Å². The quantitative estimate of drug-likeness (QED) is 0.778. The van der Waals surface area contributed by atoms with Gasteiger partial charge in [-0.25, -0.2) is 9.97 Å². The summed E-state index contributed by atoms with van der Waals surface area (Å²) < 4.78 is 0. The van der Waals surface area contributed by atoms with E-state index in [1.165, 1.54) is 11.5 Å². The van der Waals surface area contributed by atoms with Crippen LogP contribution in [0.4, 0.5) is 5.82 Å². The number of nitrogens with zero attached hydrogens (tertiary/aromatic N) is 2. The molecule has 0 spiro atoms. The number of nitrogens with two attached hydrogens (primary N) is 1. The molecule has 1 unspecified atom stereocenters. The highest BCUT2D eigenvalue weighted by atomic mass is 32.2. The summed E-state index contributed by atoms with van der Waals surface area (Å²) in [7, 11) is 0. The zero-order valence-corrected chi connectivity index (χ0v) is 10.8. The molecule has 0 radical (unpaired) electrons. The van der Waals surface area contributed by atoms with Gasteiger partial charge in [-0.05, 0) is 18.7 Å². The van der Waals surface area contributed by atoms with Crippen LogP contribution in [0, 0.1) is 0 Å². The molecule has 84 valence electrons. The number of anilines is 1. The van der Waals surface area contributed by atoms with Gasteiger partial charge in [0.1, 0.15) is 11.6 Å². The minimum atomic E-state index is 0.325. The van der Waals surface area contributed by atoms with E-state index in [1.807, 2.05) is 23.5 Å². The predicted molar refractivity (Wildman–Crippen MR) is 70.3 cm³/mol. The number of rotatable bonds is 6. The van der Waals surface area contributed by atoms with Gasteiger partial charge in [0, 0.05) is 17.7 Å². The fourth-order valence-corrected chi connectivity index (χ4v) is 2.85. The van der Waals surface area contributed by atoms with Crippen molar-refractivity contribution in [2.45, 2.75) is 19.1 Å². The van der Waals surface area contributed by atoms with Gasteiger partial charge < -0.3 is 5.73 Å². The number of nitrogen functional groups attached to an aromatic ring is 1. The van der Waals surface area contributed by atoms with E-state index in [2.05, 4.69) is 23.8 Å². The second-order valence-electron chi connectivity index (χ2n) is 3.05. The van der Waals surface area contributed by atoms with Crippen LogP contribution in [-0.2, 0) is 0 Å². The Morgan fingerprint density at radius 3 is 2.93 bits per heavy atom. The highest BCUT2D eigenvalue weighted by Crippen LogP contribution is 2.26. The Morgan fingerprint density at radius 2 is 2.27 bits per heavy atom. The van der Waals surface area contributed by atoms with Crippen LogP contribution in [0.2, 0.25) is 0 Å². The van der Waals surface area contributed by atoms with Crippen LogP contribution in [0.25, 0.3) is 0 Å². The number of aromatic nitrogens is 2. The van der Waals surface area contributed by atoms with E-state index in [9.17, 15) is 0 Å². The van der Waals surface area contributed by atoms with Crippen LogP contribution in [0.3, 0.4) is 0 Å². The maximum Gasteiger partial charge on any atom is 0.143 e. The first-order valence-corrected chi connectivity index (χ1v) is 7.22. The first-order chi connectivity index (χ1) is 7.24. The lowest BCUT2D eigenvalue weighted by atomic mass is 10.4. The molecule has 2 N–H and O–H groups in total. The first kappa shape index (κ1) is 12.6. The van der Waals surface area contributed by atoms with Crippen molar-refractivity contribution in [3.8, 4) is 0 Å². The lowest BCUT2D eigenvalue weighted by molar-refractivity contribution is 0.924. The molecule has 3 nitrogen and oxygen atoms in total. The molecule has 0 saturated carbocycles. The van der Waals surface area contributed by atoms with Crippen molar-refractivity contribution in [2.75, 3.05) is 23.0 Å².